The van der Waals surface area contributed by atoms with Crippen molar-refractivity contribution in [1.82, 2.24) is 9.78 Å². The largest absolute Gasteiger partial charge is 0.478 e. The van der Waals surface area contributed by atoms with Crippen LogP contribution in [0.4, 0.5) is 5.69 Å². The van der Waals surface area contributed by atoms with Crippen molar-refractivity contribution in [3.63, 3.8) is 0 Å². The standard InChI is InChI=1S/C17H19N3O4/c1-8-6-9(2)13(7-12(8)17(23)24)18-15(21)14-10(3)11(4)19-20(5)16(14)22/h6-7H,1-5H3,(H,18,21)(H,23,24). The Bertz CT molecular complexity index is 913. The molecule has 24 heavy (non-hydrogen) atoms. The summed E-state index contributed by atoms with van der Waals surface area (Å²) in [5, 5.41) is 15.9. The van der Waals surface area contributed by atoms with Gasteiger partial charge in [0.15, 0.2) is 0 Å². The van der Waals surface area contributed by atoms with Crippen LogP contribution in [0.15, 0.2) is 16.9 Å². The Hall–Kier alpha value is -2.96. The van der Waals surface area contributed by atoms with Crippen LogP contribution in [0.1, 0.15) is 43.1 Å². The topological polar surface area (TPSA) is 101 Å². The molecule has 0 spiro atoms. The molecule has 1 aromatic carbocycles. The fourth-order valence-corrected chi connectivity index (χ4v) is 2.52. The number of carboxylic acid groups (broad SMARTS) is 1. The number of aromatic carboxylic acids is 1. The summed E-state index contributed by atoms with van der Waals surface area (Å²) in [4.78, 5) is 36.1. The zero-order valence-electron chi connectivity index (χ0n) is 14.2. The van der Waals surface area contributed by atoms with Gasteiger partial charge in [0.1, 0.15) is 5.56 Å². The van der Waals surface area contributed by atoms with Gasteiger partial charge < -0.3 is 10.4 Å². The summed E-state index contributed by atoms with van der Waals surface area (Å²) >= 11 is 0. The minimum Gasteiger partial charge on any atom is -0.478 e. The zero-order chi connectivity index (χ0) is 18.2. The van der Waals surface area contributed by atoms with E-state index < -0.39 is 17.4 Å². The first-order valence-electron chi connectivity index (χ1n) is 7.34. The third kappa shape index (κ3) is 3.05. The smallest absolute Gasteiger partial charge is 0.336 e. The number of anilines is 1. The minimum atomic E-state index is -1.07. The van der Waals surface area contributed by atoms with Gasteiger partial charge in [0.05, 0.1) is 11.3 Å². The molecule has 1 heterocycles. The molecule has 0 atom stereocenters. The summed E-state index contributed by atoms with van der Waals surface area (Å²) < 4.78 is 1.11. The molecule has 0 radical (unpaired) electrons. The number of carbonyl (C=O) groups is 2. The Labute approximate surface area is 138 Å². The Morgan fingerprint density at radius 1 is 1.12 bits per heavy atom. The van der Waals surface area contributed by atoms with Crippen molar-refractivity contribution in [1.29, 1.82) is 0 Å². The lowest BCUT2D eigenvalue weighted by Gasteiger charge is -2.13. The van der Waals surface area contributed by atoms with Gasteiger partial charge in [-0.2, -0.15) is 5.10 Å². The van der Waals surface area contributed by atoms with Crippen molar-refractivity contribution in [2.45, 2.75) is 27.7 Å². The van der Waals surface area contributed by atoms with Crippen LogP contribution in [-0.2, 0) is 7.05 Å². The van der Waals surface area contributed by atoms with E-state index in [1.807, 2.05) is 0 Å². The van der Waals surface area contributed by atoms with E-state index in [0.717, 1.165) is 4.68 Å². The van der Waals surface area contributed by atoms with Crippen LogP contribution in [-0.4, -0.2) is 26.8 Å². The van der Waals surface area contributed by atoms with E-state index >= 15 is 0 Å². The number of nitrogens with zero attached hydrogens (tertiary/aromatic N) is 2. The molecule has 1 amide bonds. The van der Waals surface area contributed by atoms with Crippen LogP contribution < -0.4 is 10.9 Å². The maximum absolute atomic E-state index is 12.6. The number of hydrogen-bond acceptors (Lipinski definition) is 4. The van der Waals surface area contributed by atoms with E-state index in [4.69, 9.17) is 0 Å². The molecule has 0 saturated carbocycles. The first-order chi connectivity index (χ1) is 11.1. The van der Waals surface area contributed by atoms with Crippen LogP contribution in [0.25, 0.3) is 0 Å². The highest BCUT2D eigenvalue weighted by molar-refractivity contribution is 6.06. The van der Waals surface area contributed by atoms with Crippen molar-refractivity contribution < 1.29 is 14.7 Å². The van der Waals surface area contributed by atoms with Crippen LogP contribution in [0.5, 0.6) is 0 Å². The quantitative estimate of drug-likeness (QED) is 0.896. The Morgan fingerprint density at radius 3 is 2.33 bits per heavy atom. The van der Waals surface area contributed by atoms with Gasteiger partial charge in [0.25, 0.3) is 11.5 Å². The average Bonchev–Trinajstić information content (AvgIpc) is 2.48. The number of benzene rings is 1. The predicted octanol–water partition coefficient (Wildman–Crippen LogP) is 1.96. The second-order valence-electron chi connectivity index (χ2n) is 5.76. The second-order valence-corrected chi connectivity index (χ2v) is 5.76. The minimum absolute atomic E-state index is 0.00171. The molecule has 0 aliphatic heterocycles. The lowest BCUT2D eigenvalue weighted by atomic mass is 10.0. The van der Waals surface area contributed by atoms with Crippen LogP contribution in [0.2, 0.25) is 0 Å². The number of aryl methyl sites for hydroxylation is 4. The molecule has 0 saturated heterocycles. The lowest BCUT2D eigenvalue weighted by molar-refractivity contribution is 0.0695. The van der Waals surface area contributed by atoms with Gasteiger partial charge in [-0.15, -0.1) is 0 Å². The third-order valence-electron chi connectivity index (χ3n) is 4.00. The summed E-state index contributed by atoms with van der Waals surface area (Å²) in [6.45, 7) is 6.82. The molecule has 2 N–H and O–H groups in total. The first kappa shape index (κ1) is 17.4. The van der Waals surface area contributed by atoms with Crippen molar-refractivity contribution in [3.05, 3.63) is 56.0 Å². The van der Waals surface area contributed by atoms with Gasteiger partial charge in [0.2, 0.25) is 0 Å². The molecule has 126 valence electrons. The highest BCUT2D eigenvalue weighted by Gasteiger charge is 2.19. The molecular weight excluding hydrogens is 310 g/mol. The first-order valence-corrected chi connectivity index (χ1v) is 7.34. The summed E-state index contributed by atoms with van der Waals surface area (Å²) in [7, 11) is 1.48. The number of carboxylic acids is 1. The van der Waals surface area contributed by atoms with E-state index in [2.05, 4.69) is 10.4 Å². The van der Waals surface area contributed by atoms with Crippen LogP contribution in [0.3, 0.4) is 0 Å². The lowest BCUT2D eigenvalue weighted by Crippen LogP contribution is -2.31. The summed E-state index contributed by atoms with van der Waals surface area (Å²) in [6.07, 6.45) is 0. The highest BCUT2D eigenvalue weighted by Crippen LogP contribution is 2.21. The predicted molar refractivity (Wildman–Crippen MR) is 89.8 cm³/mol. The van der Waals surface area contributed by atoms with Gasteiger partial charge >= 0.3 is 5.97 Å². The Balaban J connectivity index is 2.51. The summed E-state index contributed by atoms with van der Waals surface area (Å²) in [5.41, 5.74) is 2.36. The molecule has 7 heteroatoms. The monoisotopic (exact) mass is 329 g/mol. The van der Waals surface area contributed by atoms with Crippen molar-refractivity contribution in [3.8, 4) is 0 Å². The number of carbonyl (C=O) groups excluding carboxylic acids is 1. The molecule has 0 unspecified atom stereocenters. The fraction of sp³-hybridized carbons (Fsp3) is 0.294. The van der Waals surface area contributed by atoms with Gasteiger partial charge in [-0.3, -0.25) is 9.59 Å². The number of amides is 1. The van der Waals surface area contributed by atoms with Crippen LogP contribution >= 0.6 is 0 Å². The number of aromatic nitrogens is 2. The third-order valence-corrected chi connectivity index (χ3v) is 4.00. The van der Waals surface area contributed by atoms with Gasteiger partial charge in [-0.25, -0.2) is 9.48 Å². The molecular formula is C17H19N3O4. The molecule has 0 bridgehead atoms. The number of nitrogens with one attached hydrogen (secondary N) is 1. The molecule has 2 rings (SSSR count). The van der Waals surface area contributed by atoms with Crippen LogP contribution in [0, 0.1) is 27.7 Å². The van der Waals surface area contributed by atoms with Crippen molar-refractivity contribution in [2.75, 3.05) is 5.32 Å². The van der Waals surface area contributed by atoms with Crippen molar-refractivity contribution >= 4 is 17.6 Å². The van der Waals surface area contributed by atoms with Gasteiger partial charge in [-0.05, 0) is 50.5 Å². The summed E-state index contributed by atoms with van der Waals surface area (Å²) in [5.74, 6) is -1.66. The summed E-state index contributed by atoms with van der Waals surface area (Å²) in [6, 6.07) is 3.08. The van der Waals surface area contributed by atoms with E-state index in [0.29, 0.717) is 28.1 Å². The zero-order valence-corrected chi connectivity index (χ0v) is 14.2. The van der Waals surface area contributed by atoms with E-state index in [9.17, 15) is 19.5 Å². The van der Waals surface area contributed by atoms with E-state index in [1.54, 1.807) is 33.8 Å². The maximum atomic E-state index is 12.6. The van der Waals surface area contributed by atoms with Gasteiger partial charge in [0, 0.05) is 12.7 Å². The number of rotatable bonds is 3. The molecule has 0 aliphatic carbocycles. The SMILES string of the molecule is Cc1cc(C)c(C(=O)O)cc1NC(=O)c1c(C)c(C)nn(C)c1=O. The second kappa shape index (κ2) is 6.27. The molecule has 2 aromatic rings. The average molecular weight is 329 g/mol. The maximum Gasteiger partial charge on any atom is 0.336 e. The number of hydrogen-bond donors (Lipinski definition) is 2. The fourth-order valence-electron chi connectivity index (χ4n) is 2.52. The molecule has 1 aromatic heterocycles. The normalized spacial score (nSPS) is 10.5. The highest BCUT2D eigenvalue weighted by atomic mass is 16.4. The Morgan fingerprint density at radius 2 is 1.75 bits per heavy atom. The van der Waals surface area contributed by atoms with Crippen molar-refractivity contribution in [2.24, 2.45) is 7.05 Å². The Kier molecular flexibility index (Phi) is 4.54. The molecule has 0 fully saturated rings. The molecule has 7 nitrogen and oxygen atoms in total. The van der Waals surface area contributed by atoms with E-state index in [-0.39, 0.29) is 11.1 Å². The van der Waals surface area contributed by atoms with Gasteiger partial charge in [-0.1, -0.05) is 6.07 Å². The molecule has 0 aliphatic rings. The van der Waals surface area contributed by atoms with E-state index in [1.165, 1.54) is 13.1 Å².